The Bertz CT molecular complexity index is 574. The van der Waals surface area contributed by atoms with E-state index >= 15 is 0 Å². The Morgan fingerprint density at radius 3 is 1.46 bits per heavy atom. The second kappa shape index (κ2) is 7.78. The third-order valence-corrected chi connectivity index (χ3v) is 9.30. The molecular weight excluding hydrogens is 430 g/mol. The summed E-state index contributed by atoms with van der Waals surface area (Å²) < 4.78 is 116. The second-order valence-corrected chi connectivity index (χ2v) is 15.6. The van der Waals surface area contributed by atoms with Gasteiger partial charge in [-0.3, -0.25) is 0 Å². The Hall–Kier alpha value is 0.120. The van der Waals surface area contributed by atoms with Crippen molar-refractivity contribution in [3.63, 3.8) is 0 Å². The van der Waals surface area contributed by atoms with Gasteiger partial charge in [0.15, 0.2) is 4.58 Å². The molecule has 0 aliphatic rings. The number of hydrogen-bond acceptors (Lipinski definition) is 4. The fraction of sp³-hybridized carbons (Fsp3) is 1.00. The predicted molar refractivity (Wildman–Crippen MR) is 82.4 cm³/mol. The fourth-order valence-corrected chi connectivity index (χ4v) is 6.47. The standard InChI is InChI=1S/C10H17ClF6O4S3/c1-22(2,11)7-5-3-4-6-8(23(18,19)9(12,13)14)24(20,21)10(15,16)17/h8H,3-7H2,1-2H3. The molecule has 0 rings (SSSR count). The molecule has 148 valence electrons. The van der Waals surface area contributed by atoms with Gasteiger partial charge in [0.25, 0.3) is 19.7 Å². The monoisotopic (exact) mass is 446 g/mol. The smallest absolute Gasteiger partial charge is 0.218 e. The van der Waals surface area contributed by atoms with Gasteiger partial charge in [0, 0.05) is 0 Å². The highest BCUT2D eigenvalue weighted by Crippen LogP contribution is 2.46. The molecule has 14 heteroatoms. The molecule has 24 heavy (non-hydrogen) atoms. The number of hydrogen-bond donors (Lipinski definition) is 0. The van der Waals surface area contributed by atoms with Crippen LogP contribution in [0.5, 0.6) is 0 Å². The Balaban J connectivity index is 5.35. The maximum atomic E-state index is 12.5. The summed E-state index contributed by atoms with van der Waals surface area (Å²) in [6.45, 7) is 0. The van der Waals surface area contributed by atoms with Crippen molar-refractivity contribution in [2.24, 2.45) is 0 Å². The second-order valence-electron chi connectivity index (χ2n) is 5.37. The van der Waals surface area contributed by atoms with Crippen LogP contribution in [0.4, 0.5) is 26.3 Å². The number of alkyl halides is 6. The first-order chi connectivity index (χ1) is 10.3. The van der Waals surface area contributed by atoms with E-state index in [4.69, 9.17) is 10.7 Å². The van der Waals surface area contributed by atoms with Crippen LogP contribution >= 0.6 is 19.9 Å². The van der Waals surface area contributed by atoms with Crippen LogP contribution in [-0.2, 0) is 19.7 Å². The van der Waals surface area contributed by atoms with Gasteiger partial charge in [-0.15, -0.1) is 0 Å². The normalized spacial score (nSPS) is 15.8. The molecule has 0 N–H and O–H groups in total. The van der Waals surface area contributed by atoms with E-state index in [2.05, 4.69) is 0 Å². The van der Waals surface area contributed by atoms with Gasteiger partial charge in [-0.2, -0.15) is 35.6 Å². The highest BCUT2D eigenvalue weighted by Gasteiger charge is 2.62. The zero-order chi connectivity index (χ0) is 19.6. The van der Waals surface area contributed by atoms with E-state index in [9.17, 15) is 43.2 Å². The molecule has 0 bridgehead atoms. The molecule has 0 saturated heterocycles. The lowest BCUT2D eigenvalue weighted by Gasteiger charge is -2.22. The minimum absolute atomic E-state index is 0.0560. The van der Waals surface area contributed by atoms with E-state index in [0.29, 0.717) is 12.2 Å². The summed E-state index contributed by atoms with van der Waals surface area (Å²) in [7, 11) is -8.57. The lowest BCUT2D eigenvalue weighted by Crippen LogP contribution is -2.44. The molecule has 0 aromatic heterocycles. The molecule has 0 fully saturated rings. The van der Waals surface area contributed by atoms with E-state index < -0.39 is 57.4 Å². The van der Waals surface area contributed by atoms with Gasteiger partial charge < -0.3 is 0 Å². The third kappa shape index (κ3) is 6.45. The van der Waals surface area contributed by atoms with Crippen LogP contribution in [-0.4, -0.2) is 50.7 Å². The zero-order valence-electron chi connectivity index (χ0n) is 12.6. The van der Waals surface area contributed by atoms with E-state index in [0.717, 1.165) is 0 Å². The number of rotatable bonds is 8. The molecule has 0 spiro atoms. The van der Waals surface area contributed by atoms with E-state index in [-0.39, 0.29) is 6.42 Å². The maximum absolute atomic E-state index is 12.5. The van der Waals surface area contributed by atoms with Crippen LogP contribution in [0.3, 0.4) is 0 Å². The van der Waals surface area contributed by atoms with Crippen LogP contribution in [0.25, 0.3) is 0 Å². The first-order valence-electron chi connectivity index (χ1n) is 6.35. The highest BCUT2D eigenvalue weighted by atomic mass is 35.7. The van der Waals surface area contributed by atoms with Crippen molar-refractivity contribution in [2.75, 3.05) is 18.3 Å². The van der Waals surface area contributed by atoms with Crippen molar-refractivity contribution in [3.05, 3.63) is 0 Å². The van der Waals surface area contributed by atoms with Crippen molar-refractivity contribution < 1.29 is 43.2 Å². The zero-order valence-corrected chi connectivity index (χ0v) is 15.8. The van der Waals surface area contributed by atoms with E-state index in [1.165, 1.54) is 0 Å². The molecular formula is C10H17ClF6O4S3. The Kier molecular flexibility index (Phi) is 7.82. The van der Waals surface area contributed by atoms with Crippen LogP contribution in [0.15, 0.2) is 0 Å². The molecule has 0 unspecified atom stereocenters. The Morgan fingerprint density at radius 1 is 0.792 bits per heavy atom. The third-order valence-electron chi connectivity index (χ3n) is 2.91. The van der Waals surface area contributed by atoms with Crippen LogP contribution in [0.1, 0.15) is 25.7 Å². The fourth-order valence-electron chi connectivity index (χ4n) is 1.71. The van der Waals surface area contributed by atoms with Crippen molar-refractivity contribution in [1.29, 1.82) is 0 Å². The van der Waals surface area contributed by atoms with Gasteiger partial charge in [0.1, 0.15) is 0 Å². The van der Waals surface area contributed by atoms with Crippen LogP contribution in [0.2, 0.25) is 0 Å². The molecule has 0 amide bonds. The predicted octanol–water partition coefficient (Wildman–Crippen LogP) is 3.96. The van der Waals surface area contributed by atoms with Gasteiger partial charge in [0.2, 0.25) is 0 Å². The van der Waals surface area contributed by atoms with Gasteiger partial charge in [-0.05, 0) is 31.1 Å². The van der Waals surface area contributed by atoms with Gasteiger partial charge >= 0.3 is 11.0 Å². The van der Waals surface area contributed by atoms with Crippen LogP contribution in [0, 0.1) is 0 Å². The largest absolute Gasteiger partial charge is 0.498 e. The van der Waals surface area contributed by atoms with Crippen molar-refractivity contribution >= 4 is 39.6 Å². The molecule has 0 atom stereocenters. The quantitative estimate of drug-likeness (QED) is 0.418. The van der Waals surface area contributed by atoms with Crippen molar-refractivity contribution in [2.45, 2.75) is 41.3 Å². The SMILES string of the molecule is CS(C)(Cl)CCCCCC(S(=O)(=O)C(F)(F)F)S(=O)(=O)C(F)(F)F. The summed E-state index contributed by atoms with van der Waals surface area (Å²) in [5, 5.41) is 0. The molecule has 4 nitrogen and oxygen atoms in total. The molecule has 0 aromatic carbocycles. The van der Waals surface area contributed by atoms with Crippen molar-refractivity contribution in [1.82, 2.24) is 0 Å². The molecule has 0 heterocycles. The summed E-state index contributed by atoms with van der Waals surface area (Å²) in [6.07, 6.45) is 2.11. The summed E-state index contributed by atoms with van der Waals surface area (Å²) >= 11 is 0. The lowest BCUT2D eigenvalue weighted by atomic mass is 10.2. The minimum atomic E-state index is -6.52. The average Bonchev–Trinajstić information content (AvgIpc) is 2.28. The average molecular weight is 447 g/mol. The van der Waals surface area contributed by atoms with Gasteiger partial charge in [-0.1, -0.05) is 23.5 Å². The topological polar surface area (TPSA) is 68.3 Å². The maximum Gasteiger partial charge on any atom is 0.498 e. The summed E-state index contributed by atoms with van der Waals surface area (Å²) in [5.74, 6) is 0.456. The van der Waals surface area contributed by atoms with Gasteiger partial charge in [-0.25, -0.2) is 16.8 Å². The molecule has 0 aliphatic carbocycles. The Labute approximate surface area is 142 Å². The minimum Gasteiger partial charge on any atom is -0.218 e. The van der Waals surface area contributed by atoms with E-state index in [1.807, 2.05) is 0 Å². The number of sulfone groups is 2. The molecule has 0 aromatic rings. The number of halogens is 7. The first kappa shape index (κ1) is 24.1. The summed E-state index contributed by atoms with van der Waals surface area (Å²) in [5.41, 5.74) is -12.2. The summed E-state index contributed by atoms with van der Waals surface area (Å²) in [4.78, 5) is 0. The summed E-state index contributed by atoms with van der Waals surface area (Å²) in [6, 6.07) is 0. The molecule has 0 saturated carbocycles. The Morgan fingerprint density at radius 2 is 1.17 bits per heavy atom. The van der Waals surface area contributed by atoms with Crippen molar-refractivity contribution in [3.8, 4) is 0 Å². The molecule has 0 radical (unpaired) electrons. The molecule has 0 aliphatic heterocycles. The van der Waals surface area contributed by atoms with Crippen LogP contribution < -0.4 is 0 Å². The first-order valence-corrected chi connectivity index (χ1v) is 12.9. The van der Waals surface area contributed by atoms with Gasteiger partial charge in [0.05, 0.1) is 0 Å². The number of unbranched alkanes of at least 4 members (excludes halogenated alkanes) is 2. The highest BCUT2D eigenvalue weighted by molar-refractivity contribution is 8.50. The van der Waals surface area contributed by atoms with E-state index in [1.54, 1.807) is 12.5 Å². The lowest BCUT2D eigenvalue weighted by molar-refractivity contribution is -0.0472.